The summed E-state index contributed by atoms with van der Waals surface area (Å²) in [6, 6.07) is 22.3. The highest BCUT2D eigenvalue weighted by Gasteiger charge is 2.30. The number of methoxy groups -OCH3 is 1. The minimum Gasteiger partial charge on any atom is -0.388 e. The molecule has 1 aliphatic rings. The van der Waals surface area contributed by atoms with E-state index >= 15 is 0 Å². The second kappa shape index (κ2) is 18.3. The second-order valence-corrected chi connectivity index (χ2v) is 12.4. The fourth-order valence-corrected chi connectivity index (χ4v) is 6.09. The van der Waals surface area contributed by atoms with Gasteiger partial charge in [0.15, 0.2) is 0 Å². The summed E-state index contributed by atoms with van der Waals surface area (Å²) in [4.78, 5) is 31.0. The Morgan fingerprint density at radius 1 is 0.958 bits per heavy atom. The van der Waals surface area contributed by atoms with Gasteiger partial charge in [-0.2, -0.15) is 24.9 Å². The molecule has 4 aromatic rings. The predicted octanol–water partition coefficient (Wildman–Crippen LogP) is 8.71. The third kappa shape index (κ3) is 10.8. The number of halogens is 3. The molecule has 11 heteroatoms. The number of carbonyl (C=O) groups is 2. The molecule has 0 saturated carbocycles. The molecule has 0 radical (unpaired) electrons. The third-order valence-electron chi connectivity index (χ3n) is 7.60. The maximum atomic E-state index is 13.4. The zero-order valence-corrected chi connectivity index (χ0v) is 28.0. The van der Waals surface area contributed by atoms with Gasteiger partial charge in [-0.25, -0.2) is 0 Å². The normalized spacial score (nSPS) is 12.9. The first-order valence-corrected chi connectivity index (χ1v) is 16.9. The number of alkyl halides is 3. The molecule has 7 nitrogen and oxygen atoms in total. The highest BCUT2D eigenvalue weighted by molar-refractivity contribution is 7.98. The molecule has 1 amide bonds. The van der Waals surface area contributed by atoms with Gasteiger partial charge in [-0.3, -0.25) is 9.78 Å². The van der Waals surface area contributed by atoms with Crippen molar-refractivity contribution >= 4 is 41.0 Å². The van der Waals surface area contributed by atoms with Gasteiger partial charge in [-0.15, -0.1) is 0 Å². The van der Waals surface area contributed by atoms with Gasteiger partial charge in [0.2, 0.25) is 0 Å². The number of amides is 1. The van der Waals surface area contributed by atoms with Crippen LogP contribution in [0.5, 0.6) is 0 Å². The summed E-state index contributed by atoms with van der Waals surface area (Å²) >= 11 is 1.64. The van der Waals surface area contributed by atoms with Crippen LogP contribution in [0.4, 0.5) is 30.2 Å². The molecule has 48 heavy (non-hydrogen) atoms. The quantitative estimate of drug-likeness (QED) is 0.115. The van der Waals surface area contributed by atoms with Crippen LogP contribution in [0.25, 0.3) is 11.3 Å². The molecular weight excluding hydrogens is 637 g/mol. The molecule has 0 aliphatic carbocycles. The number of pyridine rings is 1. The Kier molecular flexibility index (Phi) is 13.9. The first-order valence-electron chi connectivity index (χ1n) is 15.8. The van der Waals surface area contributed by atoms with Gasteiger partial charge in [0.1, 0.15) is 6.29 Å². The third-order valence-corrected chi connectivity index (χ3v) is 8.66. The number of hydrogen-bond acceptors (Lipinski definition) is 7. The Morgan fingerprint density at radius 2 is 1.71 bits per heavy atom. The van der Waals surface area contributed by atoms with Crippen molar-refractivity contribution in [2.75, 3.05) is 48.6 Å². The summed E-state index contributed by atoms with van der Waals surface area (Å²) in [5.41, 5.74) is 5.06. The molecule has 0 spiro atoms. The Morgan fingerprint density at radius 3 is 2.46 bits per heavy atom. The van der Waals surface area contributed by atoms with Crippen molar-refractivity contribution in [2.24, 2.45) is 0 Å². The summed E-state index contributed by atoms with van der Waals surface area (Å²) in [5.74, 6) is 1.18. The number of nitrogens with zero attached hydrogens (tertiary/aromatic N) is 2. The van der Waals surface area contributed by atoms with Gasteiger partial charge in [0.25, 0.3) is 5.91 Å². The maximum Gasteiger partial charge on any atom is 0.416 e. The van der Waals surface area contributed by atoms with Crippen LogP contribution in [0, 0.1) is 0 Å². The van der Waals surface area contributed by atoms with E-state index in [4.69, 9.17) is 0 Å². The van der Waals surface area contributed by atoms with Crippen LogP contribution in [0.15, 0.2) is 85.1 Å². The summed E-state index contributed by atoms with van der Waals surface area (Å²) in [7, 11) is 3.25. The zero-order chi connectivity index (χ0) is 34.4. The van der Waals surface area contributed by atoms with E-state index in [9.17, 15) is 22.8 Å². The molecule has 3 aromatic carbocycles. The summed E-state index contributed by atoms with van der Waals surface area (Å²) in [6.45, 7) is 2.11. The molecule has 1 aromatic heterocycles. The van der Waals surface area contributed by atoms with Crippen molar-refractivity contribution in [3.63, 3.8) is 0 Å². The van der Waals surface area contributed by atoms with Gasteiger partial charge < -0.3 is 25.1 Å². The lowest BCUT2D eigenvalue weighted by molar-refractivity contribution is -0.137. The highest BCUT2D eigenvalue weighted by atomic mass is 32.2. The van der Waals surface area contributed by atoms with Crippen LogP contribution in [0.1, 0.15) is 52.7 Å². The van der Waals surface area contributed by atoms with Crippen LogP contribution in [0.2, 0.25) is 0 Å². The number of carbonyl (C=O) groups excluding carboxylic acids is 2. The number of ether oxygens (including phenoxy) is 1. The molecule has 1 aliphatic heterocycles. The first kappa shape index (κ1) is 36.5. The second-order valence-electron chi connectivity index (χ2n) is 11.3. The number of hydrogen-bond donors (Lipinski definition) is 2. The van der Waals surface area contributed by atoms with Crippen molar-refractivity contribution < 1.29 is 27.5 Å². The molecular formula is C37H41F3N4O3S. The van der Waals surface area contributed by atoms with Crippen LogP contribution in [0.3, 0.4) is 0 Å². The van der Waals surface area contributed by atoms with Crippen molar-refractivity contribution in [3.8, 4) is 11.3 Å². The van der Waals surface area contributed by atoms with E-state index in [1.807, 2.05) is 42.5 Å². The van der Waals surface area contributed by atoms with Gasteiger partial charge in [0, 0.05) is 80.5 Å². The average Bonchev–Trinajstić information content (AvgIpc) is 3.10. The van der Waals surface area contributed by atoms with Gasteiger partial charge in [0.05, 0.1) is 16.9 Å². The lowest BCUT2D eigenvalue weighted by atomic mass is 10.0. The van der Waals surface area contributed by atoms with Crippen LogP contribution in [-0.2, 0) is 28.0 Å². The molecule has 1 saturated heterocycles. The number of thioether (sulfide) groups is 1. The zero-order valence-electron chi connectivity index (χ0n) is 27.2. The fraction of sp³-hybridized carbons (Fsp3) is 0.324. The number of anilines is 3. The minimum atomic E-state index is -4.41. The Labute approximate surface area is 284 Å². The van der Waals surface area contributed by atoms with Crippen LogP contribution in [-0.4, -0.2) is 50.2 Å². The molecule has 2 heterocycles. The molecule has 2 N–H and O–H groups in total. The van der Waals surface area contributed by atoms with Gasteiger partial charge in [-0.05, 0) is 85.0 Å². The highest BCUT2D eigenvalue weighted by Crippen LogP contribution is 2.34. The number of aldehydes is 1. The number of piperidine rings is 1. The van der Waals surface area contributed by atoms with E-state index in [0.29, 0.717) is 40.4 Å². The summed E-state index contributed by atoms with van der Waals surface area (Å²) < 4.78 is 43.8. The van der Waals surface area contributed by atoms with Crippen molar-refractivity contribution in [2.45, 2.75) is 44.2 Å². The number of rotatable bonds is 12. The SMILES string of the molecule is COC.O=CCCSCc1cccc(C(=O)Nc2ccc(N3CCCCC3)cc2-c2cc(NCc3cccc(C(F)(F)F)c3)ccn2)c1. The van der Waals surface area contributed by atoms with Crippen molar-refractivity contribution in [1.29, 1.82) is 0 Å². The van der Waals surface area contributed by atoms with E-state index in [1.165, 1.54) is 12.5 Å². The van der Waals surface area contributed by atoms with E-state index in [0.717, 1.165) is 66.9 Å². The molecule has 0 atom stereocenters. The van der Waals surface area contributed by atoms with E-state index in [2.05, 4.69) is 25.3 Å². The number of benzene rings is 3. The summed E-state index contributed by atoms with van der Waals surface area (Å²) in [6.07, 6.45) is 2.08. The molecule has 0 unspecified atom stereocenters. The lowest BCUT2D eigenvalue weighted by Gasteiger charge is -2.29. The largest absolute Gasteiger partial charge is 0.416 e. The van der Waals surface area contributed by atoms with E-state index < -0.39 is 11.7 Å². The maximum absolute atomic E-state index is 13.4. The topological polar surface area (TPSA) is 83.6 Å². The van der Waals surface area contributed by atoms with E-state index in [-0.39, 0.29) is 12.5 Å². The van der Waals surface area contributed by atoms with Crippen LogP contribution < -0.4 is 15.5 Å². The first-order chi connectivity index (χ1) is 23.2. The monoisotopic (exact) mass is 678 g/mol. The molecule has 0 bridgehead atoms. The molecule has 5 rings (SSSR count). The Balaban J connectivity index is 0.00000167. The standard InChI is InChI=1S/C35H35F3N4O2S.C2H6O/c36-35(37,38)28-10-5-7-25(20-28)23-40-29-13-14-39-33(21-29)31-22-30(42-15-2-1-3-16-42)11-12-32(31)41-34(44)27-9-4-8-26(19-27)24-45-18-6-17-43;1-3-2/h4-5,7-14,17,19-22H,1-3,6,15-16,18,23-24H2,(H,39,40)(H,41,44);1-2H3. The van der Waals surface area contributed by atoms with Crippen molar-refractivity contribution in [3.05, 3.63) is 107 Å². The Bertz CT molecular complexity index is 1640. The number of aromatic nitrogens is 1. The van der Waals surface area contributed by atoms with Gasteiger partial charge in [-0.1, -0.05) is 24.3 Å². The smallest absolute Gasteiger partial charge is 0.388 e. The minimum absolute atomic E-state index is 0.203. The van der Waals surface area contributed by atoms with Crippen molar-refractivity contribution in [1.82, 2.24) is 4.98 Å². The molecule has 254 valence electrons. The lowest BCUT2D eigenvalue weighted by Crippen LogP contribution is -2.29. The predicted molar refractivity (Wildman–Crippen MR) is 189 cm³/mol. The summed E-state index contributed by atoms with van der Waals surface area (Å²) in [5, 5.41) is 6.30. The average molecular weight is 679 g/mol. The fourth-order valence-electron chi connectivity index (χ4n) is 5.27. The van der Waals surface area contributed by atoms with Crippen LogP contribution >= 0.6 is 11.8 Å². The van der Waals surface area contributed by atoms with E-state index in [1.54, 1.807) is 50.4 Å². The number of nitrogens with one attached hydrogen (secondary N) is 2. The Hall–Kier alpha value is -4.35. The van der Waals surface area contributed by atoms with Gasteiger partial charge >= 0.3 is 6.18 Å². The molecule has 1 fully saturated rings.